The van der Waals surface area contributed by atoms with E-state index in [0.29, 0.717) is 18.6 Å². The van der Waals surface area contributed by atoms with Crippen molar-refractivity contribution in [2.45, 2.75) is 97.6 Å². The second-order valence-electron chi connectivity index (χ2n) is 10.9. The lowest BCUT2D eigenvalue weighted by molar-refractivity contribution is -0.142. The van der Waals surface area contributed by atoms with Gasteiger partial charge in [-0.2, -0.15) is 11.8 Å². The molecule has 1 fully saturated rings. The van der Waals surface area contributed by atoms with Crippen LogP contribution in [0.1, 0.15) is 99.5 Å². The predicted molar refractivity (Wildman–Crippen MR) is 169 cm³/mol. The Hall–Kier alpha value is -2.31. The molecule has 0 radical (unpaired) electrons. The lowest BCUT2D eigenvalue weighted by Crippen LogP contribution is -2.42. The van der Waals surface area contributed by atoms with Crippen molar-refractivity contribution in [2.24, 2.45) is 5.92 Å². The number of methoxy groups -OCH3 is 1. The van der Waals surface area contributed by atoms with Gasteiger partial charge in [-0.15, -0.1) is 0 Å². The molecule has 1 saturated carbocycles. The predicted octanol–water partition coefficient (Wildman–Crippen LogP) is 8.37. The molecule has 0 aromatic heterocycles. The fraction of sp³-hybridized carbons (Fsp3) is 0.588. The topological polar surface area (TPSA) is 64.6 Å². The van der Waals surface area contributed by atoms with Gasteiger partial charge in [-0.1, -0.05) is 95.5 Å². The summed E-state index contributed by atoms with van der Waals surface area (Å²) in [5, 5.41) is 2.88. The molecule has 2 aromatic rings. The molecule has 0 spiro atoms. The van der Waals surface area contributed by atoms with E-state index in [1.165, 1.54) is 58.5 Å². The van der Waals surface area contributed by atoms with Crippen LogP contribution in [0.4, 0.5) is 0 Å². The van der Waals surface area contributed by atoms with Gasteiger partial charge in [-0.25, -0.2) is 4.79 Å². The van der Waals surface area contributed by atoms with Crippen LogP contribution >= 0.6 is 11.8 Å². The number of nitrogens with one attached hydrogen (secondary N) is 1. The summed E-state index contributed by atoms with van der Waals surface area (Å²) in [5.74, 6) is 1.08. The summed E-state index contributed by atoms with van der Waals surface area (Å²) in [5.41, 5.74) is 4.47. The molecule has 222 valence electrons. The highest BCUT2D eigenvalue weighted by Crippen LogP contribution is 2.29. The Labute approximate surface area is 247 Å². The highest BCUT2D eigenvalue weighted by molar-refractivity contribution is 7.98. The van der Waals surface area contributed by atoms with Gasteiger partial charge in [0.05, 0.1) is 13.7 Å². The minimum absolute atomic E-state index is 0.281. The number of hydrogen-bond acceptors (Lipinski definition) is 5. The maximum atomic E-state index is 13.3. The number of unbranched alkanes of at least 4 members (excludes halogenated alkanes) is 3. The third kappa shape index (κ3) is 12.1. The van der Waals surface area contributed by atoms with Crippen molar-refractivity contribution in [2.75, 3.05) is 25.7 Å². The highest BCUT2D eigenvalue weighted by Gasteiger charge is 2.24. The van der Waals surface area contributed by atoms with Crippen LogP contribution in [0, 0.1) is 12.8 Å². The number of aryl methyl sites for hydroxylation is 1. The SMILES string of the molecule is CC1CCCCC1.CCCCCCOCc1ccc(C(=O)NC(CCSC)C(=O)OC)c(-c2ccccc2C)c1. The first-order valence-electron chi connectivity index (χ1n) is 15.1. The van der Waals surface area contributed by atoms with Crippen LogP contribution in [0.25, 0.3) is 11.1 Å². The summed E-state index contributed by atoms with van der Waals surface area (Å²) in [6, 6.07) is 13.1. The van der Waals surface area contributed by atoms with E-state index in [4.69, 9.17) is 9.47 Å². The number of amides is 1. The van der Waals surface area contributed by atoms with Crippen molar-refractivity contribution in [1.29, 1.82) is 0 Å². The van der Waals surface area contributed by atoms with Crippen molar-refractivity contribution in [3.05, 3.63) is 59.2 Å². The van der Waals surface area contributed by atoms with Crippen LogP contribution in [0.5, 0.6) is 0 Å². The second-order valence-corrected chi connectivity index (χ2v) is 11.9. The summed E-state index contributed by atoms with van der Waals surface area (Å²) < 4.78 is 10.8. The summed E-state index contributed by atoms with van der Waals surface area (Å²) in [6.07, 6.45) is 14.6. The van der Waals surface area contributed by atoms with Crippen molar-refractivity contribution in [1.82, 2.24) is 5.32 Å². The molecule has 3 rings (SSSR count). The lowest BCUT2D eigenvalue weighted by Gasteiger charge is -2.19. The fourth-order valence-corrected chi connectivity index (χ4v) is 5.44. The van der Waals surface area contributed by atoms with Gasteiger partial charge in [0.25, 0.3) is 5.91 Å². The van der Waals surface area contributed by atoms with Crippen molar-refractivity contribution >= 4 is 23.6 Å². The molecule has 1 aliphatic carbocycles. The molecule has 0 bridgehead atoms. The van der Waals surface area contributed by atoms with E-state index in [9.17, 15) is 9.59 Å². The average Bonchev–Trinajstić information content (AvgIpc) is 2.97. The third-order valence-corrected chi connectivity index (χ3v) is 8.11. The van der Waals surface area contributed by atoms with Crippen LogP contribution in [-0.2, 0) is 20.9 Å². The number of carbonyl (C=O) groups is 2. The highest BCUT2D eigenvalue weighted by atomic mass is 32.2. The van der Waals surface area contributed by atoms with E-state index in [1.807, 2.05) is 55.6 Å². The summed E-state index contributed by atoms with van der Waals surface area (Å²) in [4.78, 5) is 25.5. The van der Waals surface area contributed by atoms with Gasteiger partial charge in [-0.3, -0.25) is 4.79 Å². The zero-order valence-corrected chi connectivity index (χ0v) is 26.2. The molecule has 40 heavy (non-hydrogen) atoms. The van der Waals surface area contributed by atoms with Crippen molar-refractivity contribution < 1.29 is 19.1 Å². The Morgan fingerprint density at radius 1 is 1.02 bits per heavy atom. The van der Waals surface area contributed by atoms with Gasteiger partial charge in [0, 0.05) is 12.2 Å². The Balaban J connectivity index is 0.000000693. The quantitative estimate of drug-likeness (QED) is 0.183. The zero-order chi connectivity index (χ0) is 29.2. The monoisotopic (exact) mass is 569 g/mol. The zero-order valence-electron chi connectivity index (χ0n) is 25.4. The van der Waals surface area contributed by atoms with Gasteiger partial charge < -0.3 is 14.8 Å². The number of rotatable bonds is 14. The fourth-order valence-electron chi connectivity index (χ4n) is 4.97. The number of carbonyl (C=O) groups excluding carboxylic acids is 2. The summed E-state index contributed by atoms with van der Waals surface area (Å²) in [7, 11) is 1.34. The summed E-state index contributed by atoms with van der Waals surface area (Å²) in [6.45, 7) is 7.83. The Bertz CT molecular complexity index is 1020. The average molecular weight is 570 g/mol. The van der Waals surface area contributed by atoms with Crippen LogP contribution in [0.15, 0.2) is 42.5 Å². The van der Waals surface area contributed by atoms with Crippen LogP contribution in [0.3, 0.4) is 0 Å². The lowest BCUT2D eigenvalue weighted by atomic mass is 9.91. The molecule has 1 aliphatic rings. The molecule has 1 N–H and O–H groups in total. The maximum absolute atomic E-state index is 13.3. The van der Waals surface area contributed by atoms with E-state index in [2.05, 4.69) is 19.2 Å². The normalized spacial score (nSPS) is 14.1. The van der Waals surface area contributed by atoms with Gasteiger partial charge in [0.2, 0.25) is 0 Å². The van der Waals surface area contributed by atoms with Crippen molar-refractivity contribution in [3.63, 3.8) is 0 Å². The van der Waals surface area contributed by atoms with Crippen LogP contribution in [0.2, 0.25) is 0 Å². The molecule has 2 aromatic carbocycles. The third-order valence-electron chi connectivity index (χ3n) is 7.47. The smallest absolute Gasteiger partial charge is 0.328 e. The van der Waals surface area contributed by atoms with E-state index in [0.717, 1.165) is 47.0 Å². The minimum Gasteiger partial charge on any atom is -0.467 e. The number of benzene rings is 2. The van der Waals surface area contributed by atoms with Gasteiger partial charge in [0.15, 0.2) is 0 Å². The standard InChI is InChI=1S/C27H37NO4S.C7H14/c1-5-6-7-10-16-32-19-21-13-14-23(24(18-21)22-12-9-8-11-20(22)2)26(29)28-25(15-17-33-4)27(30)31-3;1-7-5-3-2-4-6-7/h8-9,11-14,18,25H,5-7,10,15-17,19H2,1-4H3,(H,28,29);7H,2-6H2,1H3. The number of esters is 1. The van der Waals surface area contributed by atoms with E-state index in [1.54, 1.807) is 11.8 Å². The molecule has 0 aliphatic heterocycles. The first kappa shape index (κ1) is 33.9. The van der Waals surface area contributed by atoms with Gasteiger partial charge in [-0.05, 0) is 72.1 Å². The van der Waals surface area contributed by atoms with Crippen LogP contribution in [-0.4, -0.2) is 43.6 Å². The first-order chi connectivity index (χ1) is 19.4. The number of ether oxygens (including phenoxy) is 2. The molecule has 1 atom stereocenters. The molecule has 1 amide bonds. The molecular weight excluding hydrogens is 518 g/mol. The Kier molecular flexibility index (Phi) is 16.7. The minimum atomic E-state index is -0.675. The molecule has 6 heteroatoms. The number of hydrogen-bond donors (Lipinski definition) is 1. The molecular formula is C34H51NO4S. The summed E-state index contributed by atoms with van der Waals surface area (Å²) >= 11 is 1.63. The van der Waals surface area contributed by atoms with Crippen molar-refractivity contribution in [3.8, 4) is 11.1 Å². The van der Waals surface area contributed by atoms with Crippen LogP contribution < -0.4 is 5.32 Å². The molecule has 1 unspecified atom stereocenters. The molecule has 5 nitrogen and oxygen atoms in total. The van der Waals surface area contributed by atoms with E-state index < -0.39 is 12.0 Å². The second kappa shape index (κ2) is 19.7. The molecule has 0 heterocycles. The van der Waals surface area contributed by atoms with Gasteiger partial charge in [0.1, 0.15) is 6.04 Å². The Morgan fingerprint density at radius 3 is 2.40 bits per heavy atom. The maximum Gasteiger partial charge on any atom is 0.328 e. The van der Waals surface area contributed by atoms with E-state index in [-0.39, 0.29) is 5.91 Å². The first-order valence-corrected chi connectivity index (χ1v) is 16.4. The Morgan fingerprint density at radius 2 is 1.77 bits per heavy atom. The number of thioether (sulfide) groups is 1. The largest absolute Gasteiger partial charge is 0.467 e. The molecule has 0 saturated heterocycles. The van der Waals surface area contributed by atoms with E-state index >= 15 is 0 Å². The van der Waals surface area contributed by atoms with Gasteiger partial charge >= 0.3 is 5.97 Å².